The Morgan fingerprint density at radius 1 is 0.950 bits per heavy atom. The van der Waals surface area contributed by atoms with Gasteiger partial charge in [0, 0.05) is 39.3 Å². The largest absolute Gasteiger partial charge is 0.372 e. The number of anilines is 1. The summed E-state index contributed by atoms with van der Waals surface area (Å²) in [6, 6.07) is 14.9. The van der Waals surface area contributed by atoms with E-state index >= 15 is 0 Å². The summed E-state index contributed by atoms with van der Waals surface area (Å²) in [6.07, 6.45) is 0.134. The predicted octanol–water partition coefficient (Wildman–Crippen LogP) is 3.99. The molecule has 9 nitrogen and oxygen atoms in total. The van der Waals surface area contributed by atoms with Crippen LogP contribution < -0.4 is 4.90 Å². The minimum absolute atomic E-state index is 0.0343. The number of nitrogens with zero attached hydrogens (tertiary/aromatic N) is 5. The van der Waals surface area contributed by atoms with Gasteiger partial charge in [0.1, 0.15) is 5.03 Å². The SMILES string of the molecule is CC1CN(c2nc3ccccc3nc2SCC(=O)N2CCN(S(=O)(=O)c3ccc(C(C)C)cc3)CC2)CC(C)O1. The molecule has 2 aliphatic heterocycles. The molecule has 3 heterocycles. The Morgan fingerprint density at radius 3 is 2.15 bits per heavy atom. The van der Waals surface area contributed by atoms with E-state index < -0.39 is 10.0 Å². The number of carbonyl (C=O) groups is 1. The molecular formula is C29H37N5O4S2. The van der Waals surface area contributed by atoms with Crippen LogP contribution in [0.1, 0.15) is 39.2 Å². The Morgan fingerprint density at radius 2 is 1.55 bits per heavy atom. The number of hydrogen-bond donors (Lipinski definition) is 0. The number of amides is 1. The number of sulfonamides is 1. The summed E-state index contributed by atoms with van der Waals surface area (Å²) in [5.41, 5.74) is 2.70. The standard InChI is InChI=1S/C29H37N5O4S2/c1-20(2)23-9-11-24(12-10-23)40(36,37)34-15-13-32(14-16-34)27(35)19-39-29-28(33-17-21(3)38-22(4)18-33)30-25-7-5-6-8-26(25)31-29/h5-12,20-22H,13-19H2,1-4H3. The minimum atomic E-state index is -3.60. The molecule has 214 valence electrons. The van der Waals surface area contributed by atoms with E-state index in [2.05, 4.69) is 18.7 Å². The average Bonchev–Trinajstić information content (AvgIpc) is 2.95. The molecule has 0 saturated carbocycles. The van der Waals surface area contributed by atoms with Crippen molar-refractivity contribution in [2.75, 3.05) is 49.9 Å². The van der Waals surface area contributed by atoms with Gasteiger partial charge in [-0.3, -0.25) is 4.79 Å². The van der Waals surface area contributed by atoms with Crippen LogP contribution in [0.3, 0.4) is 0 Å². The van der Waals surface area contributed by atoms with Gasteiger partial charge in [0.15, 0.2) is 5.82 Å². The fraction of sp³-hybridized carbons (Fsp3) is 0.483. The first-order chi connectivity index (χ1) is 19.1. The molecule has 0 spiro atoms. The highest BCUT2D eigenvalue weighted by Gasteiger charge is 2.31. The van der Waals surface area contributed by atoms with Gasteiger partial charge in [-0.1, -0.05) is 49.9 Å². The predicted molar refractivity (Wildman–Crippen MR) is 158 cm³/mol. The summed E-state index contributed by atoms with van der Waals surface area (Å²) in [7, 11) is -3.60. The van der Waals surface area contributed by atoms with Crippen LogP contribution in [0.15, 0.2) is 58.5 Å². The highest BCUT2D eigenvalue weighted by atomic mass is 32.2. The van der Waals surface area contributed by atoms with Crippen molar-refractivity contribution < 1.29 is 17.9 Å². The van der Waals surface area contributed by atoms with Gasteiger partial charge in [-0.05, 0) is 49.6 Å². The van der Waals surface area contributed by atoms with Crippen LogP contribution in [0, 0.1) is 0 Å². The smallest absolute Gasteiger partial charge is 0.243 e. The third-order valence-electron chi connectivity index (χ3n) is 7.35. The summed E-state index contributed by atoms with van der Waals surface area (Å²) in [5.74, 6) is 1.28. The molecule has 1 aromatic heterocycles. The van der Waals surface area contributed by atoms with E-state index in [4.69, 9.17) is 14.7 Å². The molecule has 2 aromatic carbocycles. The van der Waals surface area contributed by atoms with Crippen LogP contribution in [0.5, 0.6) is 0 Å². The van der Waals surface area contributed by atoms with Crippen LogP contribution in [0.4, 0.5) is 5.82 Å². The second-order valence-corrected chi connectivity index (χ2v) is 13.7. The maximum absolute atomic E-state index is 13.2. The Kier molecular flexibility index (Phi) is 8.65. The zero-order chi connectivity index (χ0) is 28.4. The summed E-state index contributed by atoms with van der Waals surface area (Å²) >= 11 is 1.39. The van der Waals surface area contributed by atoms with E-state index in [0.717, 1.165) is 27.4 Å². The van der Waals surface area contributed by atoms with E-state index in [1.165, 1.54) is 16.1 Å². The van der Waals surface area contributed by atoms with Gasteiger partial charge >= 0.3 is 0 Å². The second-order valence-electron chi connectivity index (χ2n) is 10.8. The van der Waals surface area contributed by atoms with Crippen molar-refractivity contribution in [3.63, 3.8) is 0 Å². The van der Waals surface area contributed by atoms with E-state index in [9.17, 15) is 13.2 Å². The van der Waals surface area contributed by atoms with Crippen molar-refractivity contribution in [1.29, 1.82) is 0 Å². The number of fused-ring (bicyclic) bond motifs is 1. The van der Waals surface area contributed by atoms with E-state index in [0.29, 0.717) is 37.0 Å². The van der Waals surface area contributed by atoms with E-state index in [1.54, 1.807) is 17.0 Å². The number of para-hydroxylation sites is 2. The maximum Gasteiger partial charge on any atom is 0.243 e. The van der Waals surface area contributed by atoms with Crippen molar-refractivity contribution in [2.24, 2.45) is 0 Å². The molecule has 0 aliphatic carbocycles. The highest BCUT2D eigenvalue weighted by molar-refractivity contribution is 8.00. The molecule has 11 heteroatoms. The Balaban J connectivity index is 1.24. The van der Waals surface area contributed by atoms with Crippen LogP contribution >= 0.6 is 11.8 Å². The van der Waals surface area contributed by atoms with Gasteiger partial charge in [0.2, 0.25) is 15.9 Å². The molecule has 2 atom stereocenters. The number of thioether (sulfide) groups is 1. The number of benzene rings is 2. The summed E-state index contributed by atoms with van der Waals surface area (Å²) in [6.45, 7) is 10.9. The summed E-state index contributed by atoms with van der Waals surface area (Å²) in [5, 5.41) is 0.722. The van der Waals surface area contributed by atoms with Gasteiger partial charge in [-0.25, -0.2) is 18.4 Å². The molecule has 5 rings (SSSR count). The minimum Gasteiger partial charge on any atom is -0.372 e. The summed E-state index contributed by atoms with van der Waals surface area (Å²) < 4.78 is 33.8. The lowest BCUT2D eigenvalue weighted by Crippen LogP contribution is -2.51. The molecule has 2 fully saturated rings. The maximum atomic E-state index is 13.2. The quantitative estimate of drug-likeness (QED) is 0.386. The lowest BCUT2D eigenvalue weighted by Gasteiger charge is -2.36. The van der Waals surface area contributed by atoms with E-state index in [-0.39, 0.29) is 37.0 Å². The van der Waals surface area contributed by atoms with Crippen molar-refractivity contribution in [1.82, 2.24) is 19.2 Å². The van der Waals surface area contributed by atoms with Crippen molar-refractivity contribution >= 4 is 44.5 Å². The van der Waals surface area contributed by atoms with Crippen molar-refractivity contribution in [3.8, 4) is 0 Å². The first-order valence-electron chi connectivity index (χ1n) is 13.8. The molecule has 40 heavy (non-hydrogen) atoms. The molecular weight excluding hydrogens is 546 g/mol. The molecule has 2 saturated heterocycles. The topological polar surface area (TPSA) is 95.9 Å². The monoisotopic (exact) mass is 583 g/mol. The fourth-order valence-electron chi connectivity index (χ4n) is 5.20. The molecule has 2 aliphatic rings. The Hall–Kier alpha value is -2.73. The lowest BCUT2D eigenvalue weighted by molar-refractivity contribution is -0.129. The lowest BCUT2D eigenvalue weighted by atomic mass is 10.0. The van der Waals surface area contributed by atoms with Gasteiger partial charge < -0.3 is 14.5 Å². The second kappa shape index (κ2) is 12.0. The number of piperazine rings is 1. The van der Waals surface area contributed by atoms with Crippen molar-refractivity contribution in [2.45, 2.75) is 55.7 Å². The third kappa shape index (κ3) is 6.27. The fourth-order valence-corrected chi connectivity index (χ4v) is 7.53. The number of ether oxygens (including phenoxy) is 1. The normalized spacial score (nSPS) is 20.8. The highest BCUT2D eigenvalue weighted by Crippen LogP contribution is 2.31. The Labute approximate surface area is 241 Å². The van der Waals surface area contributed by atoms with Crippen LogP contribution in [0.25, 0.3) is 11.0 Å². The number of hydrogen-bond acceptors (Lipinski definition) is 8. The molecule has 3 aromatic rings. The van der Waals surface area contributed by atoms with Gasteiger partial charge in [0.25, 0.3) is 0 Å². The number of rotatable bonds is 7. The van der Waals surface area contributed by atoms with Crippen LogP contribution in [-0.4, -0.2) is 90.7 Å². The third-order valence-corrected chi connectivity index (χ3v) is 10.2. The molecule has 2 unspecified atom stereocenters. The first-order valence-corrected chi connectivity index (χ1v) is 16.2. The van der Waals surface area contributed by atoms with Crippen LogP contribution in [0.2, 0.25) is 0 Å². The first kappa shape index (κ1) is 28.8. The molecule has 0 N–H and O–H groups in total. The number of carbonyl (C=O) groups excluding carboxylic acids is 1. The van der Waals surface area contributed by atoms with Crippen molar-refractivity contribution in [3.05, 3.63) is 54.1 Å². The zero-order valence-electron chi connectivity index (χ0n) is 23.5. The van der Waals surface area contributed by atoms with Gasteiger partial charge in [0.05, 0.1) is 33.9 Å². The van der Waals surface area contributed by atoms with E-state index in [1.807, 2.05) is 50.2 Å². The van der Waals surface area contributed by atoms with Crippen LogP contribution in [-0.2, 0) is 19.6 Å². The zero-order valence-corrected chi connectivity index (χ0v) is 25.1. The van der Waals surface area contributed by atoms with Gasteiger partial charge in [-0.2, -0.15) is 4.31 Å². The Bertz CT molecular complexity index is 1450. The molecule has 0 radical (unpaired) electrons. The van der Waals surface area contributed by atoms with Gasteiger partial charge in [-0.15, -0.1) is 0 Å². The molecule has 0 bridgehead atoms. The average molecular weight is 584 g/mol. The summed E-state index contributed by atoms with van der Waals surface area (Å²) in [4.78, 5) is 27.2. The number of morpholine rings is 1. The molecule has 1 amide bonds. The number of aromatic nitrogens is 2.